The SMILES string of the molecule is CN1CCC/C1=N\S(=O)(=O)c1ccc(NC(=O)c2cc(Cl)ccc2Cl)cc1. The molecule has 27 heavy (non-hydrogen) atoms. The van der Waals surface area contributed by atoms with Gasteiger partial charge in [-0.25, -0.2) is 0 Å². The summed E-state index contributed by atoms with van der Waals surface area (Å²) in [6.45, 7) is 0.797. The Morgan fingerprint density at radius 2 is 1.85 bits per heavy atom. The highest BCUT2D eigenvalue weighted by Gasteiger charge is 2.20. The zero-order valence-electron chi connectivity index (χ0n) is 14.4. The van der Waals surface area contributed by atoms with Crippen molar-refractivity contribution in [3.8, 4) is 0 Å². The molecule has 0 aliphatic carbocycles. The first-order valence-corrected chi connectivity index (χ1v) is 10.4. The molecule has 1 aliphatic rings. The van der Waals surface area contributed by atoms with Gasteiger partial charge >= 0.3 is 0 Å². The summed E-state index contributed by atoms with van der Waals surface area (Å²) in [7, 11) is -1.97. The number of hydrogen-bond donors (Lipinski definition) is 1. The fourth-order valence-corrected chi connectivity index (χ4v) is 4.15. The van der Waals surface area contributed by atoms with Crippen molar-refractivity contribution in [3.63, 3.8) is 0 Å². The van der Waals surface area contributed by atoms with Crippen LogP contribution in [0.4, 0.5) is 5.69 Å². The maximum atomic E-state index is 12.4. The Morgan fingerprint density at radius 1 is 1.15 bits per heavy atom. The third-order valence-corrected chi connectivity index (χ3v) is 6.03. The van der Waals surface area contributed by atoms with Crippen LogP contribution >= 0.6 is 23.2 Å². The number of carbonyl (C=O) groups is 1. The Morgan fingerprint density at radius 3 is 2.48 bits per heavy atom. The lowest BCUT2D eigenvalue weighted by Crippen LogP contribution is -2.20. The van der Waals surface area contributed by atoms with Crippen molar-refractivity contribution < 1.29 is 13.2 Å². The largest absolute Gasteiger partial charge is 0.362 e. The fraction of sp³-hybridized carbons (Fsp3) is 0.222. The van der Waals surface area contributed by atoms with Crippen molar-refractivity contribution >= 4 is 50.7 Å². The van der Waals surface area contributed by atoms with Gasteiger partial charge in [-0.1, -0.05) is 23.2 Å². The highest BCUT2D eigenvalue weighted by molar-refractivity contribution is 7.90. The molecule has 1 aliphatic heterocycles. The van der Waals surface area contributed by atoms with E-state index in [1.807, 2.05) is 11.9 Å². The summed E-state index contributed by atoms with van der Waals surface area (Å²) in [5.41, 5.74) is 0.664. The first-order chi connectivity index (χ1) is 12.8. The number of carbonyl (C=O) groups excluding carboxylic acids is 1. The molecular formula is C18H17Cl2N3O3S. The molecule has 2 aromatic carbocycles. The van der Waals surface area contributed by atoms with Crippen LogP contribution in [0.25, 0.3) is 0 Å². The lowest BCUT2D eigenvalue weighted by Gasteiger charge is -2.11. The fourth-order valence-electron chi connectivity index (χ4n) is 2.68. The summed E-state index contributed by atoms with van der Waals surface area (Å²) in [6, 6.07) is 10.4. The second-order valence-electron chi connectivity index (χ2n) is 6.11. The monoisotopic (exact) mass is 425 g/mol. The normalized spacial score (nSPS) is 16.0. The zero-order chi connectivity index (χ0) is 19.6. The number of amidine groups is 1. The Labute approximate surface area is 167 Å². The highest BCUT2D eigenvalue weighted by atomic mass is 35.5. The van der Waals surface area contributed by atoms with E-state index >= 15 is 0 Å². The summed E-state index contributed by atoms with van der Waals surface area (Å²) >= 11 is 11.9. The molecule has 2 aromatic rings. The van der Waals surface area contributed by atoms with Gasteiger partial charge in [-0.2, -0.15) is 8.42 Å². The summed E-state index contributed by atoms with van der Waals surface area (Å²) in [4.78, 5) is 14.2. The van der Waals surface area contributed by atoms with Gasteiger partial charge in [0.2, 0.25) is 0 Å². The molecule has 0 spiro atoms. The number of sulfonamides is 1. The molecule has 0 unspecified atom stereocenters. The van der Waals surface area contributed by atoms with E-state index in [1.54, 1.807) is 6.07 Å². The van der Waals surface area contributed by atoms with Crippen LogP contribution in [0.5, 0.6) is 0 Å². The van der Waals surface area contributed by atoms with Crippen molar-refractivity contribution in [2.24, 2.45) is 4.40 Å². The number of likely N-dealkylation sites (tertiary alicyclic amines) is 1. The summed E-state index contributed by atoms with van der Waals surface area (Å²) in [6.07, 6.45) is 1.53. The van der Waals surface area contributed by atoms with E-state index in [0.717, 1.165) is 13.0 Å². The van der Waals surface area contributed by atoms with Gasteiger partial charge in [0, 0.05) is 30.7 Å². The Hall–Kier alpha value is -2.09. The summed E-state index contributed by atoms with van der Waals surface area (Å²) < 4.78 is 28.8. The van der Waals surface area contributed by atoms with Crippen molar-refractivity contribution in [2.75, 3.05) is 18.9 Å². The van der Waals surface area contributed by atoms with Gasteiger partial charge in [0.25, 0.3) is 15.9 Å². The number of amides is 1. The van der Waals surface area contributed by atoms with Gasteiger partial charge in [0.15, 0.2) is 0 Å². The minimum atomic E-state index is -3.79. The van der Waals surface area contributed by atoms with Crippen molar-refractivity contribution in [2.45, 2.75) is 17.7 Å². The number of nitrogens with zero attached hydrogens (tertiary/aromatic N) is 2. The Balaban J connectivity index is 1.77. The average molecular weight is 426 g/mol. The molecule has 0 atom stereocenters. The average Bonchev–Trinajstić information content (AvgIpc) is 3.01. The standard InChI is InChI=1S/C18H17Cl2N3O3S/c1-23-10-2-3-17(23)22-27(25,26)14-7-5-13(6-8-14)21-18(24)15-11-12(19)4-9-16(15)20/h4-9,11H,2-3,10H2,1H3,(H,21,24)/b22-17+. The van der Waals surface area contributed by atoms with E-state index in [0.29, 0.717) is 23.0 Å². The quantitative estimate of drug-likeness (QED) is 0.800. The van der Waals surface area contributed by atoms with Crippen LogP contribution in [-0.2, 0) is 10.0 Å². The van der Waals surface area contributed by atoms with E-state index < -0.39 is 15.9 Å². The van der Waals surface area contributed by atoms with Crippen molar-refractivity contribution in [1.82, 2.24) is 4.90 Å². The number of nitrogens with one attached hydrogen (secondary N) is 1. The van der Waals surface area contributed by atoms with Gasteiger partial charge in [0.1, 0.15) is 5.84 Å². The number of halogens is 2. The molecule has 0 aromatic heterocycles. The first-order valence-electron chi connectivity index (χ1n) is 8.18. The van der Waals surface area contributed by atoms with Gasteiger partial charge in [0.05, 0.1) is 15.5 Å². The third-order valence-electron chi connectivity index (χ3n) is 4.14. The Bertz CT molecular complexity index is 1010. The zero-order valence-corrected chi connectivity index (χ0v) is 16.8. The molecule has 9 heteroatoms. The molecule has 0 bridgehead atoms. The molecule has 1 N–H and O–H groups in total. The maximum absolute atomic E-state index is 12.4. The molecule has 1 amide bonds. The van der Waals surface area contributed by atoms with Crippen LogP contribution in [0.15, 0.2) is 51.8 Å². The Kier molecular flexibility index (Phi) is 5.74. The summed E-state index contributed by atoms with van der Waals surface area (Å²) in [5.74, 6) is 0.119. The van der Waals surface area contributed by atoms with Crippen LogP contribution in [0.2, 0.25) is 10.0 Å². The number of anilines is 1. The van der Waals surface area contributed by atoms with Crippen LogP contribution in [0.3, 0.4) is 0 Å². The van der Waals surface area contributed by atoms with Gasteiger partial charge in [-0.15, -0.1) is 4.40 Å². The smallest absolute Gasteiger partial charge is 0.283 e. The number of benzene rings is 2. The predicted molar refractivity (Wildman–Crippen MR) is 107 cm³/mol. The molecule has 142 valence electrons. The van der Waals surface area contributed by atoms with E-state index in [4.69, 9.17) is 23.2 Å². The lowest BCUT2D eigenvalue weighted by molar-refractivity contribution is 0.102. The second kappa shape index (κ2) is 7.88. The third kappa shape index (κ3) is 4.61. The van der Waals surface area contributed by atoms with Gasteiger partial charge in [-0.3, -0.25) is 4.79 Å². The van der Waals surface area contributed by atoms with Crippen LogP contribution < -0.4 is 5.32 Å². The molecule has 6 nitrogen and oxygen atoms in total. The van der Waals surface area contributed by atoms with Crippen LogP contribution in [0.1, 0.15) is 23.2 Å². The molecule has 1 saturated heterocycles. The maximum Gasteiger partial charge on any atom is 0.283 e. The van der Waals surface area contributed by atoms with Crippen LogP contribution in [-0.4, -0.2) is 38.7 Å². The predicted octanol–water partition coefficient (Wildman–Crippen LogP) is 4.06. The second-order valence-corrected chi connectivity index (χ2v) is 8.56. The van der Waals surface area contributed by atoms with Gasteiger partial charge < -0.3 is 10.2 Å². The lowest BCUT2D eigenvalue weighted by atomic mass is 10.2. The molecule has 1 heterocycles. The van der Waals surface area contributed by atoms with E-state index in [2.05, 4.69) is 9.71 Å². The minimum Gasteiger partial charge on any atom is -0.362 e. The molecular weight excluding hydrogens is 409 g/mol. The van der Waals surface area contributed by atoms with E-state index in [9.17, 15) is 13.2 Å². The van der Waals surface area contributed by atoms with E-state index in [1.165, 1.54) is 36.4 Å². The molecule has 0 radical (unpaired) electrons. The highest BCUT2D eigenvalue weighted by Crippen LogP contribution is 2.23. The molecule has 1 fully saturated rings. The van der Waals surface area contributed by atoms with Crippen molar-refractivity contribution in [1.29, 1.82) is 0 Å². The first kappa shape index (κ1) is 19.7. The topological polar surface area (TPSA) is 78.8 Å². The van der Waals surface area contributed by atoms with E-state index in [-0.39, 0.29) is 15.5 Å². The van der Waals surface area contributed by atoms with Crippen LogP contribution in [0, 0.1) is 0 Å². The number of hydrogen-bond acceptors (Lipinski definition) is 3. The summed E-state index contributed by atoms with van der Waals surface area (Å²) in [5, 5.41) is 3.33. The van der Waals surface area contributed by atoms with Gasteiger partial charge in [-0.05, 0) is 48.9 Å². The molecule has 0 saturated carbocycles. The minimum absolute atomic E-state index is 0.0640. The number of rotatable bonds is 4. The van der Waals surface area contributed by atoms with Crippen molar-refractivity contribution in [3.05, 3.63) is 58.1 Å². The molecule has 3 rings (SSSR count).